The van der Waals surface area contributed by atoms with E-state index in [1.165, 1.54) is 0 Å². The molecule has 154 valence electrons. The summed E-state index contributed by atoms with van der Waals surface area (Å²) in [5.74, 6) is -1.08. The number of nitrogens with zero attached hydrogens (tertiary/aromatic N) is 2. The highest BCUT2D eigenvalue weighted by atomic mass is 19.1. The molecular weight excluding hydrogens is 381 g/mol. The van der Waals surface area contributed by atoms with E-state index in [2.05, 4.69) is 10.3 Å². The number of rotatable bonds is 7. The molecule has 0 radical (unpaired) electrons. The molecule has 1 atom stereocenters. The van der Waals surface area contributed by atoms with E-state index in [1.807, 2.05) is 0 Å². The number of carbonyl (C=O) groups is 2. The maximum absolute atomic E-state index is 14.9. The zero-order valence-electron chi connectivity index (χ0n) is 16.4. The van der Waals surface area contributed by atoms with Crippen LogP contribution in [0.5, 0.6) is 11.5 Å². The van der Waals surface area contributed by atoms with Crippen LogP contribution >= 0.6 is 0 Å². The Morgan fingerprint density at radius 2 is 1.93 bits per heavy atom. The second kappa shape index (κ2) is 7.55. The SMILES string of the molecule is CCC(C(N)=O)[N+](C)(C)c1nc(Nc2ccc3c(c2)OCO3)c(C(N)=O)cc1F. The topological polar surface area (TPSA) is 130 Å². The van der Waals surface area contributed by atoms with E-state index in [0.717, 1.165) is 6.07 Å². The van der Waals surface area contributed by atoms with Gasteiger partial charge in [-0.15, -0.1) is 0 Å². The quantitative estimate of drug-likeness (QED) is 0.602. The molecule has 10 heteroatoms. The first-order valence-corrected chi connectivity index (χ1v) is 8.95. The van der Waals surface area contributed by atoms with Crippen LogP contribution in [0.1, 0.15) is 23.7 Å². The van der Waals surface area contributed by atoms with Crippen molar-refractivity contribution in [3.8, 4) is 11.5 Å². The Morgan fingerprint density at radius 1 is 1.24 bits per heavy atom. The fourth-order valence-corrected chi connectivity index (χ4v) is 3.40. The summed E-state index contributed by atoms with van der Waals surface area (Å²) < 4.78 is 25.2. The number of amides is 2. The van der Waals surface area contributed by atoms with Crippen molar-refractivity contribution in [3.63, 3.8) is 0 Å². The smallest absolute Gasteiger partial charge is 0.276 e. The number of hydrogen-bond acceptors (Lipinski definition) is 6. The maximum atomic E-state index is 14.9. The first-order valence-electron chi connectivity index (χ1n) is 8.95. The number of benzene rings is 1. The molecule has 0 saturated carbocycles. The van der Waals surface area contributed by atoms with E-state index < -0.39 is 23.7 Å². The summed E-state index contributed by atoms with van der Waals surface area (Å²) in [6.07, 6.45) is 0.381. The molecule has 29 heavy (non-hydrogen) atoms. The van der Waals surface area contributed by atoms with Gasteiger partial charge in [0, 0.05) is 18.2 Å². The van der Waals surface area contributed by atoms with Crippen LogP contribution in [0.2, 0.25) is 0 Å². The van der Waals surface area contributed by atoms with Gasteiger partial charge >= 0.3 is 0 Å². The number of carbonyl (C=O) groups excluding carboxylic acids is 2. The van der Waals surface area contributed by atoms with Crippen LogP contribution in [0.15, 0.2) is 24.3 Å². The number of aromatic nitrogens is 1. The summed E-state index contributed by atoms with van der Waals surface area (Å²) in [4.78, 5) is 28.0. The summed E-state index contributed by atoms with van der Waals surface area (Å²) in [5, 5.41) is 2.97. The Bertz CT molecular complexity index is 979. The largest absolute Gasteiger partial charge is 0.454 e. The van der Waals surface area contributed by atoms with Gasteiger partial charge in [-0.05, 0) is 18.2 Å². The second-order valence-corrected chi connectivity index (χ2v) is 7.11. The molecule has 5 N–H and O–H groups in total. The van der Waals surface area contributed by atoms with Crippen LogP contribution in [0.25, 0.3) is 0 Å². The normalized spacial score (nSPS) is 13.8. The number of halogens is 1. The van der Waals surface area contributed by atoms with Crippen LogP contribution < -0.4 is 30.7 Å². The summed E-state index contributed by atoms with van der Waals surface area (Å²) in [5.41, 5.74) is 11.3. The van der Waals surface area contributed by atoms with Crippen LogP contribution in [0.4, 0.5) is 21.7 Å². The van der Waals surface area contributed by atoms with Crippen molar-refractivity contribution < 1.29 is 23.5 Å². The van der Waals surface area contributed by atoms with Gasteiger partial charge in [0.2, 0.25) is 12.6 Å². The highest BCUT2D eigenvalue weighted by molar-refractivity contribution is 5.98. The van der Waals surface area contributed by atoms with Gasteiger partial charge in [-0.1, -0.05) is 6.92 Å². The van der Waals surface area contributed by atoms with Crippen molar-refractivity contribution in [3.05, 3.63) is 35.6 Å². The van der Waals surface area contributed by atoms with E-state index in [1.54, 1.807) is 39.2 Å². The molecule has 9 nitrogen and oxygen atoms in total. The van der Waals surface area contributed by atoms with Crippen LogP contribution in [-0.4, -0.2) is 43.7 Å². The molecule has 1 aliphatic rings. The third-order valence-electron chi connectivity index (χ3n) is 4.90. The monoisotopic (exact) mass is 404 g/mol. The van der Waals surface area contributed by atoms with Gasteiger partial charge in [0.25, 0.3) is 17.6 Å². The number of anilines is 2. The minimum absolute atomic E-state index is 0.0520. The number of fused-ring (bicyclic) bond motifs is 1. The molecule has 0 spiro atoms. The molecule has 2 aromatic rings. The number of likely N-dealkylation sites (N-methyl/N-ethyl adjacent to an activating group) is 1. The second-order valence-electron chi connectivity index (χ2n) is 7.11. The van der Waals surface area contributed by atoms with Gasteiger partial charge < -0.3 is 26.3 Å². The van der Waals surface area contributed by atoms with Crippen LogP contribution in [-0.2, 0) is 4.79 Å². The molecular formula is C19H23FN5O4+. The van der Waals surface area contributed by atoms with E-state index in [4.69, 9.17) is 20.9 Å². The average molecular weight is 404 g/mol. The third-order valence-corrected chi connectivity index (χ3v) is 4.90. The lowest BCUT2D eigenvalue weighted by Crippen LogP contribution is -2.56. The van der Waals surface area contributed by atoms with Gasteiger partial charge in [-0.2, -0.15) is 9.37 Å². The first kappa shape index (κ1) is 20.3. The summed E-state index contributed by atoms with van der Waals surface area (Å²) in [6.45, 7) is 1.89. The lowest BCUT2D eigenvalue weighted by molar-refractivity contribution is -0.122. The van der Waals surface area contributed by atoms with Crippen molar-refractivity contribution in [1.29, 1.82) is 0 Å². The molecule has 0 aliphatic carbocycles. The molecule has 0 saturated heterocycles. The highest BCUT2D eigenvalue weighted by Crippen LogP contribution is 2.36. The molecule has 1 aromatic carbocycles. The van der Waals surface area contributed by atoms with Crippen molar-refractivity contribution in [1.82, 2.24) is 9.47 Å². The van der Waals surface area contributed by atoms with Crippen LogP contribution in [0, 0.1) is 5.82 Å². The molecule has 2 amide bonds. The standard InChI is InChI=1S/C19H22FN5O4/c1-4-13(17(22)27)25(2,3)19-12(20)8-11(16(21)26)18(24-19)23-10-5-6-14-15(7-10)29-9-28-14/h5-8,13H,4,9H2,1-3H3,(H4-,21,22,23,24,26,27)/p+1. The van der Waals surface area contributed by atoms with Gasteiger partial charge in [-0.3, -0.25) is 14.1 Å². The Morgan fingerprint density at radius 3 is 2.55 bits per heavy atom. The van der Waals surface area contributed by atoms with Gasteiger partial charge in [0.1, 0.15) is 5.82 Å². The van der Waals surface area contributed by atoms with Gasteiger partial charge in [0.15, 0.2) is 17.5 Å². The van der Waals surface area contributed by atoms with E-state index in [-0.39, 0.29) is 28.5 Å². The number of pyridine rings is 1. The average Bonchev–Trinajstić information content (AvgIpc) is 3.10. The van der Waals surface area contributed by atoms with Crippen molar-refractivity contribution >= 4 is 29.1 Å². The predicted octanol–water partition coefficient (Wildman–Crippen LogP) is 1.62. The molecule has 1 aliphatic heterocycles. The number of nitrogens with two attached hydrogens (primary N) is 2. The van der Waals surface area contributed by atoms with Crippen molar-refractivity contribution in [2.24, 2.45) is 11.5 Å². The minimum Gasteiger partial charge on any atom is -0.454 e. The summed E-state index contributed by atoms with van der Waals surface area (Å²) in [7, 11) is 3.25. The zero-order valence-corrected chi connectivity index (χ0v) is 16.4. The van der Waals surface area contributed by atoms with Gasteiger partial charge in [-0.25, -0.2) is 0 Å². The molecule has 3 rings (SSSR count). The molecule has 2 heterocycles. The number of ether oxygens (including phenoxy) is 2. The highest BCUT2D eigenvalue weighted by Gasteiger charge is 2.38. The molecule has 1 aromatic heterocycles. The number of primary amides is 2. The Kier molecular flexibility index (Phi) is 5.29. The van der Waals surface area contributed by atoms with Crippen molar-refractivity contribution in [2.75, 3.05) is 26.2 Å². The molecule has 0 fully saturated rings. The minimum atomic E-state index is -0.849. The Balaban J connectivity index is 2.07. The van der Waals surface area contributed by atoms with E-state index in [9.17, 15) is 14.0 Å². The number of hydrogen-bond donors (Lipinski definition) is 3. The first-order chi connectivity index (χ1) is 13.6. The Labute approximate surface area is 167 Å². The fourth-order valence-electron chi connectivity index (χ4n) is 3.40. The number of nitrogens with one attached hydrogen (secondary N) is 1. The number of quaternary nitrogens is 1. The van der Waals surface area contributed by atoms with Crippen LogP contribution in [0.3, 0.4) is 0 Å². The lowest BCUT2D eigenvalue weighted by Gasteiger charge is -2.34. The van der Waals surface area contributed by atoms with Crippen molar-refractivity contribution in [2.45, 2.75) is 19.4 Å². The van der Waals surface area contributed by atoms with Gasteiger partial charge in [0.05, 0.1) is 19.7 Å². The maximum Gasteiger partial charge on any atom is 0.276 e. The lowest BCUT2D eigenvalue weighted by atomic mass is 10.1. The Hall–Kier alpha value is -3.40. The zero-order chi connectivity index (χ0) is 21.3. The third kappa shape index (κ3) is 3.79. The van der Waals surface area contributed by atoms with E-state index >= 15 is 0 Å². The fraction of sp³-hybridized carbons (Fsp3) is 0.316. The summed E-state index contributed by atoms with van der Waals surface area (Å²) >= 11 is 0. The summed E-state index contributed by atoms with van der Waals surface area (Å²) in [6, 6.07) is 5.35. The molecule has 0 bridgehead atoms. The predicted molar refractivity (Wildman–Crippen MR) is 105 cm³/mol. The molecule has 1 unspecified atom stereocenters. The van der Waals surface area contributed by atoms with E-state index in [0.29, 0.717) is 23.6 Å².